The van der Waals surface area contributed by atoms with Crippen molar-refractivity contribution in [2.75, 3.05) is 40.4 Å². The molecule has 1 atom stereocenters. The minimum atomic E-state index is 0.655. The van der Waals surface area contributed by atoms with Gasteiger partial charge in [0, 0.05) is 32.8 Å². The Kier molecular flexibility index (Phi) is 13.2. The highest BCUT2D eigenvalue weighted by molar-refractivity contribution is 4.62. The number of nitrogens with zero attached hydrogens (tertiary/aromatic N) is 1. The van der Waals surface area contributed by atoms with Gasteiger partial charge in [-0.3, -0.25) is 0 Å². The molecule has 1 N–H and O–H groups in total. The molecule has 0 amide bonds. The van der Waals surface area contributed by atoms with Crippen LogP contribution in [0.25, 0.3) is 0 Å². The van der Waals surface area contributed by atoms with E-state index in [4.69, 9.17) is 4.74 Å². The van der Waals surface area contributed by atoms with Crippen LogP contribution in [0.15, 0.2) is 0 Å². The minimum absolute atomic E-state index is 0.655. The predicted octanol–water partition coefficient (Wildman–Crippen LogP) is 2.90. The van der Waals surface area contributed by atoms with E-state index >= 15 is 0 Å². The first-order valence-corrected chi connectivity index (χ1v) is 7.61. The number of hydrogen-bond donors (Lipinski definition) is 1. The maximum Gasteiger partial charge on any atom is 0.0589 e. The second kappa shape index (κ2) is 13.3. The monoisotopic (exact) mass is 258 g/mol. The normalized spacial score (nSPS) is 13.2. The molecule has 0 rings (SSSR count). The van der Waals surface area contributed by atoms with Crippen LogP contribution >= 0.6 is 0 Å². The molecule has 0 saturated carbocycles. The first-order valence-electron chi connectivity index (χ1n) is 7.61. The van der Waals surface area contributed by atoms with E-state index in [1.54, 1.807) is 7.11 Å². The first-order chi connectivity index (χ1) is 8.70. The van der Waals surface area contributed by atoms with E-state index in [2.05, 4.69) is 31.1 Å². The second-order valence-electron chi connectivity index (χ2n) is 5.35. The Morgan fingerprint density at radius 2 is 1.83 bits per heavy atom. The van der Waals surface area contributed by atoms with E-state index in [9.17, 15) is 0 Å². The highest BCUT2D eigenvalue weighted by Crippen LogP contribution is 2.06. The molecule has 0 aromatic rings. The molecule has 0 spiro atoms. The Labute approximate surface area is 114 Å². The van der Waals surface area contributed by atoms with Crippen molar-refractivity contribution in [1.82, 2.24) is 10.2 Å². The van der Waals surface area contributed by atoms with Crippen molar-refractivity contribution < 1.29 is 4.74 Å². The summed E-state index contributed by atoms with van der Waals surface area (Å²) in [6, 6.07) is 0.655. The fourth-order valence-corrected chi connectivity index (χ4v) is 2.02. The zero-order valence-corrected chi connectivity index (χ0v) is 13.0. The van der Waals surface area contributed by atoms with Gasteiger partial charge in [-0.1, -0.05) is 39.0 Å². The second-order valence-corrected chi connectivity index (χ2v) is 5.35. The molecule has 0 aromatic heterocycles. The van der Waals surface area contributed by atoms with Crippen molar-refractivity contribution in [3.8, 4) is 0 Å². The SMILES string of the molecule is CCCCCCCC(C)NCCN(C)CCOC. The third-order valence-corrected chi connectivity index (χ3v) is 3.40. The van der Waals surface area contributed by atoms with Crippen molar-refractivity contribution in [3.63, 3.8) is 0 Å². The third kappa shape index (κ3) is 12.3. The van der Waals surface area contributed by atoms with Gasteiger partial charge in [-0.2, -0.15) is 0 Å². The Balaban J connectivity index is 3.28. The molecule has 1 unspecified atom stereocenters. The molecule has 3 heteroatoms. The summed E-state index contributed by atoms with van der Waals surface area (Å²) in [5.74, 6) is 0. The van der Waals surface area contributed by atoms with Crippen LogP contribution in [0.2, 0.25) is 0 Å². The fraction of sp³-hybridized carbons (Fsp3) is 1.00. The largest absolute Gasteiger partial charge is 0.383 e. The van der Waals surface area contributed by atoms with Crippen LogP contribution in [-0.2, 0) is 4.74 Å². The van der Waals surface area contributed by atoms with Crippen molar-refractivity contribution in [2.24, 2.45) is 0 Å². The summed E-state index contributed by atoms with van der Waals surface area (Å²) in [5, 5.41) is 3.60. The molecule has 0 heterocycles. The molecule has 0 aliphatic heterocycles. The molecule has 0 aromatic carbocycles. The molecule has 0 fully saturated rings. The van der Waals surface area contributed by atoms with Gasteiger partial charge in [0.2, 0.25) is 0 Å². The van der Waals surface area contributed by atoms with E-state index in [-0.39, 0.29) is 0 Å². The van der Waals surface area contributed by atoms with Gasteiger partial charge in [-0.05, 0) is 20.4 Å². The van der Waals surface area contributed by atoms with Gasteiger partial charge >= 0.3 is 0 Å². The molecule has 18 heavy (non-hydrogen) atoms. The molecular weight excluding hydrogens is 224 g/mol. The number of rotatable bonds is 13. The molecule has 0 saturated heterocycles. The lowest BCUT2D eigenvalue weighted by Gasteiger charge is -2.19. The zero-order chi connectivity index (χ0) is 13.6. The quantitative estimate of drug-likeness (QED) is 0.514. The number of hydrogen-bond acceptors (Lipinski definition) is 3. The van der Waals surface area contributed by atoms with Crippen LogP contribution < -0.4 is 5.32 Å². The summed E-state index contributed by atoms with van der Waals surface area (Å²) in [7, 11) is 3.91. The van der Waals surface area contributed by atoms with Crippen LogP contribution in [-0.4, -0.2) is 51.3 Å². The lowest BCUT2D eigenvalue weighted by Crippen LogP contribution is -2.35. The topological polar surface area (TPSA) is 24.5 Å². The van der Waals surface area contributed by atoms with E-state index in [0.29, 0.717) is 6.04 Å². The Morgan fingerprint density at radius 3 is 2.50 bits per heavy atom. The van der Waals surface area contributed by atoms with Crippen molar-refractivity contribution in [2.45, 2.75) is 58.4 Å². The minimum Gasteiger partial charge on any atom is -0.383 e. The number of ether oxygens (including phenoxy) is 1. The molecule has 110 valence electrons. The average molecular weight is 258 g/mol. The molecular formula is C15H34N2O. The smallest absolute Gasteiger partial charge is 0.0589 e. The molecule has 0 radical (unpaired) electrons. The average Bonchev–Trinajstić information content (AvgIpc) is 2.36. The van der Waals surface area contributed by atoms with Crippen LogP contribution in [0.1, 0.15) is 52.4 Å². The molecule has 0 aliphatic rings. The van der Waals surface area contributed by atoms with Crippen LogP contribution in [0.3, 0.4) is 0 Å². The maximum absolute atomic E-state index is 5.06. The lowest BCUT2D eigenvalue weighted by molar-refractivity contribution is 0.161. The molecule has 0 aliphatic carbocycles. The first kappa shape index (κ1) is 17.9. The van der Waals surface area contributed by atoms with Crippen LogP contribution in [0.5, 0.6) is 0 Å². The zero-order valence-electron chi connectivity index (χ0n) is 13.0. The Bertz CT molecular complexity index is 165. The van der Waals surface area contributed by atoms with Gasteiger partial charge < -0.3 is 15.0 Å². The van der Waals surface area contributed by atoms with Gasteiger partial charge in [-0.15, -0.1) is 0 Å². The van der Waals surface area contributed by atoms with Crippen molar-refractivity contribution >= 4 is 0 Å². The summed E-state index contributed by atoms with van der Waals surface area (Å²) < 4.78 is 5.06. The van der Waals surface area contributed by atoms with Gasteiger partial charge in [-0.25, -0.2) is 0 Å². The van der Waals surface area contributed by atoms with Gasteiger partial charge in [0.25, 0.3) is 0 Å². The fourth-order valence-electron chi connectivity index (χ4n) is 2.02. The number of likely N-dealkylation sites (N-methyl/N-ethyl adjacent to an activating group) is 1. The summed E-state index contributed by atoms with van der Waals surface area (Å²) in [6.45, 7) is 8.59. The number of nitrogens with one attached hydrogen (secondary N) is 1. The summed E-state index contributed by atoms with van der Waals surface area (Å²) in [4.78, 5) is 2.31. The Hall–Kier alpha value is -0.120. The van der Waals surface area contributed by atoms with E-state index in [1.165, 1.54) is 38.5 Å². The maximum atomic E-state index is 5.06. The molecule has 3 nitrogen and oxygen atoms in total. The van der Waals surface area contributed by atoms with Gasteiger partial charge in [0.1, 0.15) is 0 Å². The Morgan fingerprint density at radius 1 is 1.11 bits per heavy atom. The van der Waals surface area contributed by atoms with E-state index in [0.717, 1.165) is 26.2 Å². The van der Waals surface area contributed by atoms with Gasteiger partial charge in [0.05, 0.1) is 6.61 Å². The van der Waals surface area contributed by atoms with Crippen LogP contribution in [0.4, 0.5) is 0 Å². The van der Waals surface area contributed by atoms with E-state index < -0.39 is 0 Å². The number of unbranched alkanes of at least 4 members (excludes halogenated alkanes) is 4. The highest BCUT2D eigenvalue weighted by atomic mass is 16.5. The highest BCUT2D eigenvalue weighted by Gasteiger charge is 2.02. The van der Waals surface area contributed by atoms with Crippen molar-refractivity contribution in [1.29, 1.82) is 0 Å². The standard InChI is InChI=1S/C15H34N2O/c1-5-6-7-8-9-10-15(2)16-11-12-17(3)13-14-18-4/h15-16H,5-14H2,1-4H3. The lowest BCUT2D eigenvalue weighted by atomic mass is 10.1. The van der Waals surface area contributed by atoms with Crippen LogP contribution in [0, 0.1) is 0 Å². The van der Waals surface area contributed by atoms with Gasteiger partial charge in [0.15, 0.2) is 0 Å². The predicted molar refractivity (Wildman–Crippen MR) is 80.2 cm³/mol. The number of methoxy groups -OCH3 is 1. The summed E-state index contributed by atoms with van der Waals surface area (Å²) >= 11 is 0. The third-order valence-electron chi connectivity index (χ3n) is 3.40. The summed E-state index contributed by atoms with van der Waals surface area (Å²) in [5.41, 5.74) is 0. The van der Waals surface area contributed by atoms with E-state index in [1.807, 2.05) is 0 Å². The van der Waals surface area contributed by atoms with Crippen molar-refractivity contribution in [3.05, 3.63) is 0 Å². The summed E-state index contributed by atoms with van der Waals surface area (Å²) in [6.07, 6.45) is 8.21. The molecule has 0 bridgehead atoms.